The summed E-state index contributed by atoms with van der Waals surface area (Å²) in [5.41, 5.74) is 1.52. The molecule has 8 heteroatoms. The van der Waals surface area contributed by atoms with Crippen LogP contribution >= 0.6 is 27.3 Å². The van der Waals surface area contributed by atoms with E-state index in [1.165, 1.54) is 11.3 Å². The van der Waals surface area contributed by atoms with Crippen molar-refractivity contribution in [1.82, 2.24) is 4.98 Å². The fourth-order valence-corrected chi connectivity index (χ4v) is 3.63. The van der Waals surface area contributed by atoms with Gasteiger partial charge in [-0.2, -0.15) is 0 Å². The van der Waals surface area contributed by atoms with E-state index in [2.05, 4.69) is 26.2 Å². The summed E-state index contributed by atoms with van der Waals surface area (Å²) in [6.45, 7) is 1.04. The lowest BCUT2D eigenvalue weighted by Crippen LogP contribution is -2.17. The summed E-state index contributed by atoms with van der Waals surface area (Å²) < 4.78 is 17.2. The number of carbonyl (C=O) groups excluding carboxylic acids is 1. The zero-order valence-corrected chi connectivity index (χ0v) is 15.4. The molecule has 0 aliphatic carbocycles. The Balaban J connectivity index is 1.46. The fourth-order valence-electron chi connectivity index (χ4n) is 2.45. The molecule has 1 N–H and O–H groups in total. The quantitative estimate of drug-likeness (QED) is 0.686. The number of ether oxygens (including phenoxy) is 2. The minimum atomic E-state index is -0.155. The summed E-state index contributed by atoms with van der Waals surface area (Å²) in [7, 11) is 0. The van der Waals surface area contributed by atoms with E-state index in [0.29, 0.717) is 41.3 Å². The Hall–Kier alpha value is -2.32. The van der Waals surface area contributed by atoms with Gasteiger partial charge in [-0.05, 0) is 29.8 Å². The highest BCUT2D eigenvalue weighted by Crippen LogP contribution is 2.36. The van der Waals surface area contributed by atoms with Crippen molar-refractivity contribution < 1.29 is 18.7 Å². The van der Waals surface area contributed by atoms with Crippen molar-refractivity contribution in [3.05, 3.63) is 45.9 Å². The van der Waals surface area contributed by atoms with Gasteiger partial charge in [0.05, 0.1) is 12.7 Å². The van der Waals surface area contributed by atoms with Crippen LogP contribution in [0.5, 0.6) is 11.5 Å². The van der Waals surface area contributed by atoms with E-state index in [9.17, 15) is 4.79 Å². The van der Waals surface area contributed by atoms with Crippen molar-refractivity contribution in [2.75, 3.05) is 18.5 Å². The molecule has 4 rings (SSSR count). The number of thiazole rings is 1. The van der Waals surface area contributed by atoms with E-state index in [0.717, 1.165) is 10.0 Å². The first-order valence-electron chi connectivity index (χ1n) is 7.56. The summed E-state index contributed by atoms with van der Waals surface area (Å²) in [5.74, 6) is 1.86. The molecule has 0 saturated heterocycles. The van der Waals surface area contributed by atoms with Gasteiger partial charge in [-0.25, -0.2) is 4.98 Å². The van der Waals surface area contributed by atoms with Crippen molar-refractivity contribution in [1.29, 1.82) is 0 Å². The van der Waals surface area contributed by atoms with Crippen LogP contribution in [0, 0.1) is 0 Å². The van der Waals surface area contributed by atoms with E-state index < -0.39 is 0 Å². The van der Waals surface area contributed by atoms with E-state index >= 15 is 0 Å². The topological polar surface area (TPSA) is 73.6 Å². The third-order valence-electron chi connectivity index (χ3n) is 3.59. The largest absolute Gasteiger partial charge is 0.486 e. The molecule has 0 unspecified atom stereocenters. The first-order chi connectivity index (χ1) is 12.2. The number of hydrogen-bond acceptors (Lipinski definition) is 6. The maximum Gasteiger partial charge on any atom is 0.230 e. The lowest BCUT2D eigenvalue weighted by Gasteiger charge is -2.19. The monoisotopic (exact) mass is 420 g/mol. The summed E-state index contributed by atoms with van der Waals surface area (Å²) in [6, 6.07) is 7.28. The summed E-state index contributed by atoms with van der Waals surface area (Å²) in [4.78, 5) is 16.7. The average Bonchev–Trinajstić information content (AvgIpc) is 3.26. The number of nitrogens with zero attached hydrogens (tertiary/aromatic N) is 1. The molecule has 0 fully saturated rings. The second-order valence-corrected chi connectivity index (χ2v) is 7.04. The first-order valence-corrected chi connectivity index (χ1v) is 9.23. The van der Waals surface area contributed by atoms with Crippen molar-refractivity contribution in [3.8, 4) is 23.0 Å². The molecule has 6 nitrogen and oxygen atoms in total. The predicted octanol–water partition coefficient (Wildman–Crippen LogP) is 4.12. The number of hydrogen-bond donors (Lipinski definition) is 1. The summed E-state index contributed by atoms with van der Waals surface area (Å²) in [5, 5.41) is 5.19. The molecule has 1 aliphatic rings. The Bertz CT molecular complexity index is 908. The molecule has 1 amide bonds. The molecule has 2 aromatic heterocycles. The molecule has 1 aromatic carbocycles. The lowest BCUT2D eigenvalue weighted by molar-refractivity contribution is -0.115. The lowest BCUT2D eigenvalue weighted by atomic mass is 10.1. The fraction of sp³-hybridized carbons (Fsp3) is 0.176. The molecule has 0 bridgehead atoms. The van der Waals surface area contributed by atoms with Crippen LogP contribution in [0.15, 0.2) is 44.8 Å². The second-order valence-electron chi connectivity index (χ2n) is 5.33. The van der Waals surface area contributed by atoms with Crippen LogP contribution in [0.3, 0.4) is 0 Å². The van der Waals surface area contributed by atoms with Crippen LogP contribution in [-0.4, -0.2) is 24.1 Å². The highest BCUT2D eigenvalue weighted by molar-refractivity contribution is 9.10. The average molecular weight is 421 g/mol. The highest BCUT2D eigenvalue weighted by atomic mass is 79.9. The molecule has 25 heavy (non-hydrogen) atoms. The van der Waals surface area contributed by atoms with E-state index in [-0.39, 0.29) is 12.3 Å². The number of nitrogens with one attached hydrogen (secondary N) is 1. The van der Waals surface area contributed by atoms with Gasteiger partial charge in [0.15, 0.2) is 22.4 Å². The number of amides is 1. The van der Waals surface area contributed by atoms with Crippen molar-refractivity contribution in [2.24, 2.45) is 0 Å². The Morgan fingerprint density at radius 2 is 2.08 bits per heavy atom. The normalized spacial score (nSPS) is 12.8. The van der Waals surface area contributed by atoms with Crippen LogP contribution < -0.4 is 14.8 Å². The number of furan rings is 1. The molecule has 1 aliphatic heterocycles. The minimum absolute atomic E-state index is 0.155. The minimum Gasteiger partial charge on any atom is -0.486 e. The predicted molar refractivity (Wildman–Crippen MR) is 97.3 cm³/mol. The Labute approximate surface area is 155 Å². The third-order valence-corrected chi connectivity index (χ3v) is 5.08. The van der Waals surface area contributed by atoms with Gasteiger partial charge in [0, 0.05) is 9.85 Å². The molecule has 0 saturated carbocycles. The van der Waals surface area contributed by atoms with Gasteiger partial charge in [-0.3, -0.25) is 4.79 Å². The number of benzene rings is 1. The number of fused-ring (bicyclic) bond motifs is 1. The number of rotatable bonds is 4. The van der Waals surface area contributed by atoms with Gasteiger partial charge >= 0.3 is 0 Å². The Morgan fingerprint density at radius 3 is 2.84 bits per heavy atom. The van der Waals surface area contributed by atoms with Gasteiger partial charge < -0.3 is 19.2 Å². The molecular formula is C17H13BrN2O4S. The number of anilines is 1. The molecule has 0 spiro atoms. The molecule has 3 aromatic rings. The van der Waals surface area contributed by atoms with Crippen LogP contribution in [0.4, 0.5) is 5.13 Å². The number of aromatic nitrogens is 1. The molecular weight excluding hydrogens is 408 g/mol. The highest BCUT2D eigenvalue weighted by Gasteiger charge is 2.17. The van der Waals surface area contributed by atoms with Gasteiger partial charge in [0.2, 0.25) is 5.91 Å². The first kappa shape index (κ1) is 16.2. The van der Waals surface area contributed by atoms with E-state index in [4.69, 9.17) is 13.9 Å². The zero-order valence-electron chi connectivity index (χ0n) is 13.0. The summed E-state index contributed by atoms with van der Waals surface area (Å²) in [6.07, 6.45) is 1.79. The van der Waals surface area contributed by atoms with Gasteiger partial charge in [-0.15, -0.1) is 11.3 Å². The second kappa shape index (κ2) is 6.89. The number of halogens is 1. The van der Waals surface area contributed by atoms with Crippen LogP contribution in [0.2, 0.25) is 0 Å². The van der Waals surface area contributed by atoms with E-state index in [1.807, 2.05) is 23.6 Å². The Kier molecular flexibility index (Phi) is 4.46. The molecule has 0 radical (unpaired) electrons. The van der Waals surface area contributed by atoms with Crippen LogP contribution in [0.1, 0.15) is 5.56 Å². The zero-order chi connectivity index (χ0) is 17.2. The number of carbonyl (C=O) groups is 1. The van der Waals surface area contributed by atoms with Crippen molar-refractivity contribution in [2.45, 2.75) is 6.42 Å². The van der Waals surface area contributed by atoms with Crippen LogP contribution in [0.25, 0.3) is 11.5 Å². The third kappa shape index (κ3) is 3.54. The van der Waals surface area contributed by atoms with Crippen LogP contribution in [-0.2, 0) is 11.2 Å². The van der Waals surface area contributed by atoms with Gasteiger partial charge in [0.1, 0.15) is 18.9 Å². The SMILES string of the molecule is O=C(Cc1cc2c(cc1Br)OCCO2)Nc1nc(-c2ccco2)cs1. The maximum atomic E-state index is 12.3. The Morgan fingerprint density at radius 1 is 1.28 bits per heavy atom. The smallest absolute Gasteiger partial charge is 0.230 e. The molecule has 128 valence electrons. The van der Waals surface area contributed by atoms with Crippen molar-refractivity contribution in [3.63, 3.8) is 0 Å². The standard InChI is InChI=1S/C17H13BrN2O4S/c18-11-8-15-14(23-4-5-24-15)6-10(11)7-16(21)20-17-19-12(9-25-17)13-2-1-3-22-13/h1-3,6,8-9H,4-5,7H2,(H,19,20,21). The van der Waals surface area contributed by atoms with Gasteiger partial charge in [-0.1, -0.05) is 15.9 Å². The van der Waals surface area contributed by atoms with E-state index in [1.54, 1.807) is 12.3 Å². The van der Waals surface area contributed by atoms with Crippen molar-refractivity contribution >= 4 is 38.3 Å². The molecule has 0 atom stereocenters. The molecule has 3 heterocycles. The van der Waals surface area contributed by atoms with Gasteiger partial charge in [0.25, 0.3) is 0 Å². The maximum absolute atomic E-state index is 12.3. The summed E-state index contributed by atoms with van der Waals surface area (Å²) >= 11 is 4.83.